The van der Waals surface area contributed by atoms with E-state index in [9.17, 15) is 4.79 Å². The first kappa shape index (κ1) is 16.1. The molecule has 3 nitrogen and oxygen atoms in total. The average Bonchev–Trinajstić information content (AvgIpc) is 3.09. The second kappa shape index (κ2) is 7.64. The molecule has 0 radical (unpaired) electrons. The Hall–Kier alpha value is -2.81. The van der Waals surface area contributed by atoms with Crippen LogP contribution in [0.25, 0.3) is 11.3 Å². The van der Waals surface area contributed by atoms with Crippen LogP contribution in [0.1, 0.15) is 23.3 Å². The Morgan fingerprint density at radius 1 is 0.958 bits per heavy atom. The number of benzene rings is 2. The molecule has 0 fully saturated rings. The first-order chi connectivity index (χ1) is 11.7. The predicted molar refractivity (Wildman–Crippen MR) is 95.5 cm³/mol. The van der Waals surface area contributed by atoms with Crippen molar-refractivity contribution in [2.24, 2.45) is 0 Å². The highest BCUT2D eigenvalue weighted by Crippen LogP contribution is 2.22. The van der Waals surface area contributed by atoms with Crippen LogP contribution in [0.5, 0.6) is 0 Å². The smallest absolute Gasteiger partial charge is 0.220 e. The lowest BCUT2D eigenvalue weighted by molar-refractivity contribution is -0.121. The van der Waals surface area contributed by atoms with Crippen LogP contribution in [-0.4, -0.2) is 5.91 Å². The second-order valence-electron chi connectivity index (χ2n) is 5.89. The van der Waals surface area contributed by atoms with Crippen LogP contribution < -0.4 is 5.32 Å². The SMILES string of the molecule is Cc1ccc(CNC(=O)CCc2ccc(-c3ccccc3)o2)cc1. The number of hydrogen-bond acceptors (Lipinski definition) is 2. The van der Waals surface area contributed by atoms with Crippen LogP contribution in [0, 0.1) is 6.92 Å². The maximum absolute atomic E-state index is 12.0. The van der Waals surface area contributed by atoms with Crippen LogP contribution in [0.2, 0.25) is 0 Å². The van der Waals surface area contributed by atoms with Crippen molar-refractivity contribution in [1.82, 2.24) is 5.32 Å². The molecule has 2 aromatic carbocycles. The molecule has 3 heteroatoms. The largest absolute Gasteiger partial charge is 0.461 e. The van der Waals surface area contributed by atoms with Gasteiger partial charge in [-0.1, -0.05) is 60.2 Å². The monoisotopic (exact) mass is 319 g/mol. The third-order valence-electron chi connectivity index (χ3n) is 3.93. The van der Waals surface area contributed by atoms with Crippen LogP contribution in [0.15, 0.2) is 71.1 Å². The molecule has 24 heavy (non-hydrogen) atoms. The van der Waals surface area contributed by atoms with Crippen molar-refractivity contribution in [2.45, 2.75) is 26.3 Å². The number of carbonyl (C=O) groups is 1. The summed E-state index contributed by atoms with van der Waals surface area (Å²) in [5.41, 5.74) is 3.38. The van der Waals surface area contributed by atoms with Gasteiger partial charge in [-0.05, 0) is 24.6 Å². The number of aryl methyl sites for hydroxylation is 2. The van der Waals surface area contributed by atoms with Gasteiger partial charge in [-0.15, -0.1) is 0 Å². The van der Waals surface area contributed by atoms with Crippen molar-refractivity contribution >= 4 is 5.91 Å². The lowest BCUT2D eigenvalue weighted by atomic mass is 10.1. The third-order valence-corrected chi connectivity index (χ3v) is 3.93. The highest BCUT2D eigenvalue weighted by Gasteiger charge is 2.07. The van der Waals surface area contributed by atoms with E-state index in [-0.39, 0.29) is 5.91 Å². The summed E-state index contributed by atoms with van der Waals surface area (Å²) in [5, 5.41) is 2.95. The lowest BCUT2D eigenvalue weighted by Crippen LogP contribution is -2.22. The molecule has 0 aliphatic carbocycles. The van der Waals surface area contributed by atoms with E-state index in [1.54, 1.807) is 0 Å². The Morgan fingerprint density at radius 2 is 1.71 bits per heavy atom. The van der Waals surface area contributed by atoms with Gasteiger partial charge in [0, 0.05) is 24.9 Å². The van der Waals surface area contributed by atoms with E-state index >= 15 is 0 Å². The standard InChI is InChI=1S/C21H21NO2/c1-16-7-9-17(10-8-16)15-22-21(23)14-12-19-11-13-20(24-19)18-5-3-2-4-6-18/h2-11,13H,12,14-15H2,1H3,(H,22,23). The Bertz CT molecular complexity index is 788. The zero-order valence-electron chi connectivity index (χ0n) is 13.8. The second-order valence-corrected chi connectivity index (χ2v) is 5.89. The molecule has 0 spiro atoms. The quantitative estimate of drug-likeness (QED) is 0.726. The molecule has 0 atom stereocenters. The van der Waals surface area contributed by atoms with E-state index in [1.165, 1.54) is 5.56 Å². The Balaban J connectivity index is 1.48. The molecule has 3 rings (SSSR count). The summed E-state index contributed by atoms with van der Waals surface area (Å²) >= 11 is 0. The topological polar surface area (TPSA) is 42.2 Å². The molecule has 0 saturated heterocycles. The molecule has 1 amide bonds. The lowest BCUT2D eigenvalue weighted by Gasteiger charge is -2.05. The number of nitrogens with one attached hydrogen (secondary N) is 1. The van der Waals surface area contributed by atoms with Gasteiger partial charge in [-0.3, -0.25) is 4.79 Å². The van der Waals surface area contributed by atoms with Crippen LogP contribution in [0.3, 0.4) is 0 Å². The van der Waals surface area contributed by atoms with Gasteiger partial charge in [0.05, 0.1) is 0 Å². The zero-order chi connectivity index (χ0) is 16.8. The van der Waals surface area contributed by atoms with Crippen molar-refractivity contribution in [3.63, 3.8) is 0 Å². The van der Waals surface area contributed by atoms with Crippen molar-refractivity contribution in [1.29, 1.82) is 0 Å². The van der Waals surface area contributed by atoms with Gasteiger partial charge < -0.3 is 9.73 Å². The molecule has 0 aliphatic heterocycles. The first-order valence-corrected chi connectivity index (χ1v) is 8.17. The van der Waals surface area contributed by atoms with Crippen molar-refractivity contribution in [2.75, 3.05) is 0 Å². The molecule has 122 valence electrons. The molecule has 0 unspecified atom stereocenters. The highest BCUT2D eigenvalue weighted by molar-refractivity contribution is 5.76. The summed E-state index contributed by atoms with van der Waals surface area (Å²) in [7, 11) is 0. The minimum absolute atomic E-state index is 0.0354. The van der Waals surface area contributed by atoms with E-state index in [0.29, 0.717) is 19.4 Å². The summed E-state index contributed by atoms with van der Waals surface area (Å²) in [5.74, 6) is 1.71. The number of carbonyl (C=O) groups excluding carboxylic acids is 1. The fraction of sp³-hybridized carbons (Fsp3) is 0.190. The maximum atomic E-state index is 12.0. The van der Waals surface area contributed by atoms with Crippen LogP contribution in [0.4, 0.5) is 0 Å². The minimum atomic E-state index is 0.0354. The molecule has 1 heterocycles. The van der Waals surface area contributed by atoms with E-state index < -0.39 is 0 Å². The van der Waals surface area contributed by atoms with Crippen LogP contribution in [-0.2, 0) is 17.8 Å². The third kappa shape index (κ3) is 4.35. The number of amides is 1. The summed E-state index contributed by atoms with van der Waals surface area (Å²) in [4.78, 5) is 12.0. The Labute approximate surface area is 142 Å². The molecule has 3 aromatic rings. The highest BCUT2D eigenvalue weighted by atomic mass is 16.3. The van der Waals surface area contributed by atoms with Gasteiger partial charge in [0.1, 0.15) is 11.5 Å². The van der Waals surface area contributed by atoms with Crippen LogP contribution >= 0.6 is 0 Å². The molecular weight excluding hydrogens is 298 g/mol. The number of hydrogen-bond donors (Lipinski definition) is 1. The maximum Gasteiger partial charge on any atom is 0.220 e. The summed E-state index contributed by atoms with van der Waals surface area (Å²) in [6.07, 6.45) is 1.03. The van der Waals surface area contributed by atoms with Gasteiger partial charge in [0.25, 0.3) is 0 Å². The molecular formula is C21H21NO2. The van der Waals surface area contributed by atoms with Gasteiger partial charge in [0.15, 0.2) is 0 Å². The minimum Gasteiger partial charge on any atom is -0.461 e. The first-order valence-electron chi connectivity index (χ1n) is 8.17. The average molecular weight is 319 g/mol. The van der Waals surface area contributed by atoms with Gasteiger partial charge in [-0.2, -0.15) is 0 Å². The fourth-order valence-electron chi connectivity index (χ4n) is 2.50. The van der Waals surface area contributed by atoms with Crippen molar-refractivity contribution in [3.05, 3.63) is 83.6 Å². The molecule has 1 N–H and O–H groups in total. The predicted octanol–water partition coefficient (Wildman–Crippen LogP) is 4.50. The van der Waals surface area contributed by atoms with E-state index in [2.05, 4.69) is 24.4 Å². The van der Waals surface area contributed by atoms with Gasteiger partial charge in [0.2, 0.25) is 5.91 Å². The zero-order valence-corrected chi connectivity index (χ0v) is 13.8. The molecule has 0 saturated carbocycles. The van der Waals surface area contributed by atoms with Gasteiger partial charge in [-0.25, -0.2) is 0 Å². The Morgan fingerprint density at radius 3 is 2.46 bits per heavy atom. The van der Waals surface area contributed by atoms with Crippen molar-refractivity contribution in [3.8, 4) is 11.3 Å². The van der Waals surface area contributed by atoms with E-state index in [1.807, 2.05) is 54.6 Å². The fourth-order valence-corrected chi connectivity index (χ4v) is 2.50. The molecule has 0 bridgehead atoms. The summed E-state index contributed by atoms with van der Waals surface area (Å²) < 4.78 is 5.82. The van der Waals surface area contributed by atoms with E-state index in [0.717, 1.165) is 22.6 Å². The normalized spacial score (nSPS) is 10.5. The van der Waals surface area contributed by atoms with Crippen molar-refractivity contribution < 1.29 is 9.21 Å². The van der Waals surface area contributed by atoms with Gasteiger partial charge >= 0.3 is 0 Å². The van der Waals surface area contributed by atoms with E-state index in [4.69, 9.17) is 4.42 Å². The number of furan rings is 1. The Kier molecular flexibility index (Phi) is 5.12. The number of rotatable bonds is 6. The molecule has 0 aliphatic rings. The molecule has 1 aromatic heterocycles. The summed E-state index contributed by atoms with van der Waals surface area (Å²) in [6.45, 7) is 2.61. The summed E-state index contributed by atoms with van der Waals surface area (Å²) in [6, 6.07) is 22.0.